The van der Waals surface area contributed by atoms with Crippen LogP contribution in [0, 0.1) is 0 Å². The van der Waals surface area contributed by atoms with Crippen LogP contribution < -0.4 is 0 Å². The zero-order chi connectivity index (χ0) is 29.1. The molecule has 36 heavy (non-hydrogen) atoms. The number of aliphatic hydroxyl groups is 4. The van der Waals surface area contributed by atoms with Gasteiger partial charge in [0.1, 0.15) is 0 Å². The summed E-state index contributed by atoms with van der Waals surface area (Å²) in [7, 11) is 0. The summed E-state index contributed by atoms with van der Waals surface area (Å²) in [6.07, 6.45) is 3.42. The summed E-state index contributed by atoms with van der Waals surface area (Å²) in [4.78, 5) is 0. The lowest BCUT2D eigenvalue weighted by atomic mass is 10.2. The van der Waals surface area contributed by atoms with Gasteiger partial charge in [-0.05, 0) is 67.7 Å². The zero-order valence-corrected chi connectivity index (χ0v) is 25.5. The minimum absolute atomic E-state index is 0.0521. The molecule has 0 spiro atoms. The second-order valence-electron chi connectivity index (χ2n) is 7.61. The van der Waals surface area contributed by atoms with Crippen molar-refractivity contribution in [1.82, 2.24) is 0 Å². The molecule has 10 heteroatoms. The molecule has 226 valence electrons. The van der Waals surface area contributed by atoms with Crippen LogP contribution in [-0.4, -0.2) is 104 Å². The van der Waals surface area contributed by atoms with Gasteiger partial charge in [0, 0.05) is 45.3 Å². The quantitative estimate of drug-likeness (QED) is 0.111. The Morgan fingerprint density at radius 3 is 1.22 bits per heavy atom. The van der Waals surface area contributed by atoms with E-state index in [-0.39, 0.29) is 32.4 Å². The van der Waals surface area contributed by atoms with Crippen LogP contribution in [0.2, 0.25) is 0 Å². The third-order valence-corrected chi connectivity index (χ3v) is 3.32. The topological polar surface area (TPSA) is 127 Å². The number of halogens is 1. The van der Waals surface area contributed by atoms with Gasteiger partial charge >= 0.3 is 0 Å². The molecule has 9 nitrogen and oxygen atoms in total. The van der Waals surface area contributed by atoms with Gasteiger partial charge in [0.2, 0.25) is 0 Å². The first-order chi connectivity index (χ1) is 17.1. The molecule has 0 aromatic heterocycles. The van der Waals surface area contributed by atoms with Crippen LogP contribution in [0.5, 0.6) is 0 Å². The molecule has 0 aliphatic heterocycles. The maximum atomic E-state index is 8.52. The number of alkyl halides is 1. The normalized spacial score (nSPS) is 10.3. The summed E-state index contributed by atoms with van der Waals surface area (Å²) in [5.74, 6) is 0.677. The van der Waals surface area contributed by atoms with Crippen molar-refractivity contribution in [2.45, 2.75) is 106 Å². The lowest BCUT2D eigenvalue weighted by molar-refractivity contribution is -0.141. The van der Waals surface area contributed by atoms with E-state index in [0.717, 1.165) is 25.7 Å². The van der Waals surface area contributed by atoms with Crippen molar-refractivity contribution < 1.29 is 44.1 Å². The first-order valence-corrected chi connectivity index (χ1v) is 13.8. The Balaban J connectivity index is -0.000000128. The van der Waals surface area contributed by atoms with Crippen LogP contribution >= 0.6 is 11.6 Å². The molecule has 0 fully saturated rings. The second kappa shape index (κ2) is 42.0. The Bertz CT molecular complexity index is 313. The molecule has 0 rings (SSSR count). The molecule has 0 atom stereocenters. The fourth-order valence-corrected chi connectivity index (χ4v) is 2.09. The molecular formula is C26H61ClO9. The van der Waals surface area contributed by atoms with Crippen LogP contribution in [0.1, 0.15) is 88.0 Å². The maximum Gasteiger partial charge on any atom is 0.157 e. The fraction of sp³-hybridized carbons (Fsp3) is 1.00. The highest BCUT2D eigenvalue weighted by Crippen LogP contribution is 2.05. The number of hydrogen-bond acceptors (Lipinski definition) is 9. The Morgan fingerprint density at radius 2 is 0.972 bits per heavy atom. The number of rotatable bonds is 18. The monoisotopic (exact) mass is 552 g/mol. The molecule has 0 unspecified atom stereocenters. The van der Waals surface area contributed by atoms with Gasteiger partial charge in [-0.3, -0.25) is 0 Å². The average molecular weight is 553 g/mol. The summed E-state index contributed by atoms with van der Waals surface area (Å²) in [6, 6.07) is 0. The van der Waals surface area contributed by atoms with Crippen LogP contribution in [0.4, 0.5) is 0 Å². The zero-order valence-electron chi connectivity index (χ0n) is 24.8. The number of ether oxygens (including phenoxy) is 5. The maximum absolute atomic E-state index is 8.52. The molecule has 0 saturated heterocycles. The molecule has 4 N–H and O–H groups in total. The van der Waals surface area contributed by atoms with Gasteiger partial charge in [0.25, 0.3) is 0 Å². The van der Waals surface area contributed by atoms with Crippen LogP contribution in [0.15, 0.2) is 0 Å². The minimum Gasteiger partial charge on any atom is -0.394 e. The highest BCUT2D eigenvalue weighted by atomic mass is 35.5. The smallest absolute Gasteiger partial charge is 0.157 e. The molecule has 0 bridgehead atoms. The van der Waals surface area contributed by atoms with Crippen LogP contribution in [0.3, 0.4) is 0 Å². The summed E-state index contributed by atoms with van der Waals surface area (Å²) in [5, 5.41) is 32.2. The van der Waals surface area contributed by atoms with E-state index < -0.39 is 5.60 Å². The first kappa shape index (κ1) is 45.8. The molecule has 0 aromatic carbocycles. The van der Waals surface area contributed by atoms with Gasteiger partial charge in [0.05, 0.1) is 32.0 Å². The van der Waals surface area contributed by atoms with E-state index in [9.17, 15) is 0 Å². The van der Waals surface area contributed by atoms with E-state index in [1.165, 1.54) is 0 Å². The Labute approximate surface area is 227 Å². The van der Waals surface area contributed by atoms with Gasteiger partial charge in [0.15, 0.2) is 12.6 Å². The molecular weight excluding hydrogens is 492 g/mol. The SMILES string of the molecule is CC.CC(C)(C)O.CCOC(CCCCl)OCC.CCOC(CCCOCCO)OCC.OCCO. The highest BCUT2D eigenvalue weighted by molar-refractivity contribution is 6.17. The summed E-state index contributed by atoms with van der Waals surface area (Å²) in [6.45, 7) is 20.7. The lowest BCUT2D eigenvalue weighted by Gasteiger charge is -2.16. The standard InChI is InChI=1S/C10H22O4.C8H17ClO2.C4H10O.C2H6O2.C2H6/c1-3-13-10(14-4-2)6-5-8-12-9-7-11;1-3-10-8(11-4-2)6-5-7-9;1-4(2,3)5;3-1-2-4;1-2/h10-11H,3-9H2,1-2H3;8H,3-7H2,1-2H3;5H,1-3H3;3-4H,1-2H2;1-2H3. The van der Waals surface area contributed by atoms with Gasteiger partial charge in [-0.1, -0.05) is 13.8 Å². The van der Waals surface area contributed by atoms with Crippen molar-refractivity contribution in [3.05, 3.63) is 0 Å². The Morgan fingerprint density at radius 1 is 0.639 bits per heavy atom. The van der Waals surface area contributed by atoms with E-state index in [4.69, 9.17) is 55.7 Å². The highest BCUT2D eigenvalue weighted by Gasteiger charge is 2.07. The van der Waals surface area contributed by atoms with Crippen molar-refractivity contribution in [3.63, 3.8) is 0 Å². The van der Waals surface area contributed by atoms with E-state index >= 15 is 0 Å². The number of hydrogen-bond donors (Lipinski definition) is 4. The molecule has 0 aromatic rings. The van der Waals surface area contributed by atoms with E-state index in [2.05, 4.69) is 0 Å². The molecule has 0 radical (unpaired) electrons. The second-order valence-corrected chi connectivity index (χ2v) is 7.99. The van der Waals surface area contributed by atoms with Crippen molar-refractivity contribution in [2.75, 3.05) is 65.3 Å². The molecule has 0 aliphatic carbocycles. The molecule has 0 aliphatic rings. The predicted molar refractivity (Wildman–Crippen MR) is 149 cm³/mol. The molecule has 0 heterocycles. The molecule has 0 amide bonds. The van der Waals surface area contributed by atoms with E-state index in [1.54, 1.807) is 20.8 Å². The fourth-order valence-electron chi connectivity index (χ4n) is 1.94. The van der Waals surface area contributed by atoms with Crippen LogP contribution in [0.25, 0.3) is 0 Å². The van der Waals surface area contributed by atoms with E-state index in [1.807, 2.05) is 41.5 Å². The van der Waals surface area contributed by atoms with Gasteiger partial charge in [-0.15, -0.1) is 11.6 Å². The number of aliphatic hydroxyl groups excluding tert-OH is 3. The largest absolute Gasteiger partial charge is 0.394 e. The predicted octanol–water partition coefficient (Wildman–Crippen LogP) is 4.35. The van der Waals surface area contributed by atoms with Crippen molar-refractivity contribution in [3.8, 4) is 0 Å². The lowest BCUT2D eigenvalue weighted by Crippen LogP contribution is -2.18. The average Bonchev–Trinajstić information content (AvgIpc) is 2.84. The first-order valence-electron chi connectivity index (χ1n) is 13.3. The van der Waals surface area contributed by atoms with Gasteiger partial charge in [-0.2, -0.15) is 0 Å². The summed E-state index contributed by atoms with van der Waals surface area (Å²) < 4.78 is 26.5. The summed E-state index contributed by atoms with van der Waals surface area (Å²) >= 11 is 5.53. The van der Waals surface area contributed by atoms with E-state index in [0.29, 0.717) is 45.5 Å². The van der Waals surface area contributed by atoms with Gasteiger partial charge in [-0.25, -0.2) is 0 Å². The van der Waals surface area contributed by atoms with Crippen molar-refractivity contribution >= 4 is 11.6 Å². The Kier molecular flexibility index (Phi) is 53.5. The summed E-state index contributed by atoms with van der Waals surface area (Å²) in [5.41, 5.74) is -0.500. The third-order valence-electron chi connectivity index (χ3n) is 3.05. The van der Waals surface area contributed by atoms with Crippen molar-refractivity contribution in [1.29, 1.82) is 0 Å². The Hall–Kier alpha value is -0.0700. The molecule has 0 saturated carbocycles. The van der Waals surface area contributed by atoms with Crippen LogP contribution in [-0.2, 0) is 23.7 Å². The van der Waals surface area contributed by atoms with Crippen molar-refractivity contribution in [2.24, 2.45) is 0 Å². The third kappa shape index (κ3) is 64.3. The van der Waals surface area contributed by atoms with Gasteiger partial charge < -0.3 is 44.1 Å². The minimum atomic E-state index is -0.500.